The molecular formula is C17H14F2N4O2. The standard InChI is InChI=1S/C17H14F2N4O2/c18-16(19)11-2-1-3-14(20-11)22-17(25)10-7-23-8-12(9-4-5-9)21-15(23)6-13(10)24/h1-3,6-9,16,21H,4-5H2,(H,20,22,25). The SMILES string of the molecule is O=C(Nc1cccc(C(F)F)n1)c1cn2cc(C3CC3)[nH]c2cc1=O. The zero-order chi connectivity index (χ0) is 17.6. The highest BCUT2D eigenvalue weighted by Gasteiger charge is 2.25. The van der Waals surface area contributed by atoms with Crippen molar-refractivity contribution >= 4 is 17.4 Å². The van der Waals surface area contributed by atoms with E-state index in [2.05, 4.69) is 15.3 Å². The van der Waals surface area contributed by atoms with Gasteiger partial charge in [-0.15, -0.1) is 0 Å². The van der Waals surface area contributed by atoms with Crippen LogP contribution in [0.1, 0.15) is 46.9 Å². The third kappa shape index (κ3) is 3.02. The lowest BCUT2D eigenvalue weighted by atomic mass is 10.2. The summed E-state index contributed by atoms with van der Waals surface area (Å²) in [5.41, 5.74) is 0.670. The summed E-state index contributed by atoms with van der Waals surface area (Å²) in [6.07, 6.45) is 2.78. The molecule has 3 aromatic heterocycles. The Hall–Kier alpha value is -3.03. The van der Waals surface area contributed by atoms with Crippen molar-refractivity contribution in [3.05, 3.63) is 63.8 Å². The van der Waals surface area contributed by atoms with Gasteiger partial charge in [0.25, 0.3) is 12.3 Å². The van der Waals surface area contributed by atoms with E-state index in [4.69, 9.17) is 0 Å². The third-order valence-electron chi connectivity index (χ3n) is 4.13. The van der Waals surface area contributed by atoms with Gasteiger partial charge in [-0.2, -0.15) is 0 Å². The van der Waals surface area contributed by atoms with Crippen LogP contribution in [0.15, 0.2) is 41.5 Å². The van der Waals surface area contributed by atoms with Gasteiger partial charge in [0.15, 0.2) is 5.43 Å². The summed E-state index contributed by atoms with van der Waals surface area (Å²) >= 11 is 0. The van der Waals surface area contributed by atoms with Crippen LogP contribution in [-0.2, 0) is 0 Å². The number of hydrogen-bond acceptors (Lipinski definition) is 3. The normalized spacial score (nSPS) is 14.2. The van der Waals surface area contributed by atoms with Crippen molar-refractivity contribution in [3.8, 4) is 0 Å². The molecule has 2 N–H and O–H groups in total. The third-order valence-corrected chi connectivity index (χ3v) is 4.13. The summed E-state index contributed by atoms with van der Waals surface area (Å²) in [6, 6.07) is 5.28. The van der Waals surface area contributed by atoms with E-state index in [1.165, 1.54) is 30.5 Å². The second-order valence-corrected chi connectivity index (χ2v) is 6.03. The lowest BCUT2D eigenvalue weighted by Crippen LogP contribution is -2.22. The van der Waals surface area contributed by atoms with Gasteiger partial charge in [0.1, 0.15) is 22.7 Å². The Bertz CT molecular complexity index is 1020. The molecule has 0 aliphatic heterocycles. The van der Waals surface area contributed by atoms with Gasteiger partial charge in [-0.25, -0.2) is 13.8 Å². The fraction of sp³-hybridized carbons (Fsp3) is 0.235. The Morgan fingerprint density at radius 2 is 2.12 bits per heavy atom. The second kappa shape index (κ2) is 5.80. The molecule has 128 valence electrons. The molecule has 1 aliphatic rings. The number of fused-ring (bicyclic) bond motifs is 1. The van der Waals surface area contributed by atoms with Crippen LogP contribution < -0.4 is 10.7 Å². The van der Waals surface area contributed by atoms with E-state index in [1.807, 2.05) is 6.20 Å². The Balaban J connectivity index is 1.64. The number of imidazole rings is 1. The highest BCUT2D eigenvalue weighted by atomic mass is 19.3. The van der Waals surface area contributed by atoms with Crippen LogP contribution >= 0.6 is 0 Å². The molecule has 8 heteroatoms. The Morgan fingerprint density at radius 1 is 1.32 bits per heavy atom. The van der Waals surface area contributed by atoms with Gasteiger partial charge in [0.2, 0.25) is 0 Å². The second-order valence-electron chi connectivity index (χ2n) is 6.03. The molecule has 1 fully saturated rings. The van der Waals surface area contributed by atoms with E-state index >= 15 is 0 Å². The van der Waals surface area contributed by atoms with Gasteiger partial charge < -0.3 is 14.7 Å². The first-order valence-corrected chi connectivity index (χ1v) is 7.82. The smallest absolute Gasteiger partial charge is 0.280 e. The number of anilines is 1. The summed E-state index contributed by atoms with van der Waals surface area (Å²) < 4.78 is 27.1. The zero-order valence-corrected chi connectivity index (χ0v) is 13.0. The lowest BCUT2D eigenvalue weighted by Gasteiger charge is -2.06. The van der Waals surface area contributed by atoms with Crippen LogP contribution in [0.3, 0.4) is 0 Å². The largest absolute Gasteiger partial charge is 0.343 e. The van der Waals surface area contributed by atoms with Crippen molar-refractivity contribution in [1.29, 1.82) is 0 Å². The van der Waals surface area contributed by atoms with Crippen LogP contribution in [0, 0.1) is 0 Å². The maximum Gasteiger partial charge on any atom is 0.280 e. The molecule has 0 spiro atoms. The van der Waals surface area contributed by atoms with Crippen molar-refractivity contribution in [2.75, 3.05) is 5.32 Å². The van der Waals surface area contributed by atoms with E-state index in [-0.39, 0.29) is 11.4 Å². The van der Waals surface area contributed by atoms with Crippen LogP contribution in [-0.4, -0.2) is 20.3 Å². The topological polar surface area (TPSA) is 79.3 Å². The van der Waals surface area contributed by atoms with E-state index in [1.54, 1.807) is 4.40 Å². The summed E-state index contributed by atoms with van der Waals surface area (Å²) in [5, 5.41) is 2.39. The molecule has 0 unspecified atom stereocenters. The van der Waals surface area contributed by atoms with Crippen molar-refractivity contribution in [3.63, 3.8) is 0 Å². The summed E-state index contributed by atoms with van der Waals surface area (Å²) in [5.74, 6) is -0.235. The Morgan fingerprint density at radius 3 is 2.84 bits per heavy atom. The van der Waals surface area contributed by atoms with E-state index in [0.29, 0.717) is 11.6 Å². The first-order valence-electron chi connectivity index (χ1n) is 7.82. The predicted molar refractivity (Wildman–Crippen MR) is 87.1 cm³/mol. The highest BCUT2D eigenvalue weighted by Crippen LogP contribution is 2.39. The maximum absolute atomic E-state index is 12.7. The number of hydrogen-bond donors (Lipinski definition) is 2. The molecule has 0 radical (unpaired) electrons. The van der Waals surface area contributed by atoms with Crippen LogP contribution in [0.5, 0.6) is 0 Å². The van der Waals surface area contributed by atoms with Crippen molar-refractivity contribution in [1.82, 2.24) is 14.4 Å². The number of aromatic nitrogens is 3. The lowest BCUT2D eigenvalue weighted by molar-refractivity contribution is 0.102. The molecule has 3 heterocycles. The first-order chi connectivity index (χ1) is 12.0. The van der Waals surface area contributed by atoms with Crippen molar-refractivity contribution < 1.29 is 13.6 Å². The average Bonchev–Trinajstić information content (AvgIpc) is 3.35. The molecule has 0 aromatic carbocycles. The number of carbonyl (C=O) groups is 1. The molecule has 6 nitrogen and oxygen atoms in total. The first kappa shape index (κ1) is 15.5. The van der Waals surface area contributed by atoms with E-state index < -0.39 is 23.5 Å². The fourth-order valence-corrected chi connectivity index (χ4v) is 2.68. The molecule has 0 atom stereocenters. The number of pyridine rings is 2. The summed E-state index contributed by atoms with van der Waals surface area (Å²) in [4.78, 5) is 31.4. The molecule has 4 rings (SSSR count). The minimum Gasteiger partial charge on any atom is -0.343 e. The number of nitrogens with zero attached hydrogens (tertiary/aromatic N) is 2. The number of H-pyrrole nitrogens is 1. The number of aromatic amines is 1. The molecule has 1 saturated carbocycles. The van der Waals surface area contributed by atoms with Gasteiger partial charge in [0.05, 0.1) is 0 Å². The molecular weight excluding hydrogens is 330 g/mol. The molecule has 1 aliphatic carbocycles. The van der Waals surface area contributed by atoms with Crippen LogP contribution in [0.4, 0.5) is 14.6 Å². The number of halogens is 2. The maximum atomic E-state index is 12.7. The predicted octanol–water partition coefficient (Wildman–Crippen LogP) is 3.09. The molecule has 0 saturated heterocycles. The molecule has 3 aromatic rings. The summed E-state index contributed by atoms with van der Waals surface area (Å²) in [6.45, 7) is 0. The van der Waals surface area contributed by atoms with Gasteiger partial charge in [-0.1, -0.05) is 6.07 Å². The Kier molecular flexibility index (Phi) is 3.60. The van der Waals surface area contributed by atoms with Gasteiger partial charge in [0, 0.05) is 30.1 Å². The van der Waals surface area contributed by atoms with Crippen molar-refractivity contribution in [2.24, 2.45) is 0 Å². The quantitative estimate of drug-likeness (QED) is 0.763. The van der Waals surface area contributed by atoms with E-state index in [0.717, 1.165) is 18.5 Å². The number of alkyl halides is 2. The molecule has 1 amide bonds. The van der Waals surface area contributed by atoms with Crippen LogP contribution in [0.25, 0.3) is 5.65 Å². The highest BCUT2D eigenvalue weighted by molar-refractivity contribution is 6.03. The van der Waals surface area contributed by atoms with Gasteiger partial charge >= 0.3 is 0 Å². The minimum atomic E-state index is -2.74. The molecule has 0 bridgehead atoms. The summed E-state index contributed by atoms with van der Waals surface area (Å²) in [7, 11) is 0. The fourth-order valence-electron chi connectivity index (χ4n) is 2.68. The van der Waals surface area contributed by atoms with Crippen LogP contribution in [0.2, 0.25) is 0 Å². The number of amides is 1. The number of carbonyl (C=O) groups excluding carboxylic acids is 1. The van der Waals surface area contributed by atoms with E-state index in [9.17, 15) is 18.4 Å². The average molecular weight is 344 g/mol. The van der Waals surface area contributed by atoms with Crippen molar-refractivity contribution in [2.45, 2.75) is 25.2 Å². The number of nitrogens with one attached hydrogen (secondary N) is 2. The molecule has 25 heavy (non-hydrogen) atoms. The number of rotatable bonds is 4. The monoisotopic (exact) mass is 344 g/mol. The Labute approximate surface area is 140 Å². The van der Waals surface area contributed by atoms with Gasteiger partial charge in [-0.3, -0.25) is 9.59 Å². The van der Waals surface area contributed by atoms with Gasteiger partial charge in [-0.05, 0) is 25.0 Å². The minimum absolute atomic E-state index is 0.0277. The zero-order valence-electron chi connectivity index (χ0n) is 13.0.